The summed E-state index contributed by atoms with van der Waals surface area (Å²) in [7, 11) is -3.49. The van der Waals surface area contributed by atoms with Gasteiger partial charge in [-0.05, 0) is 71.3 Å². The van der Waals surface area contributed by atoms with E-state index in [1.54, 1.807) is 6.92 Å². The van der Waals surface area contributed by atoms with Gasteiger partial charge in [-0.15, -0.1) is 0 Å². The minimum Gasteiger partial charge on any atom is -0.325 e. The van der Waals surface area contributed by atoms with E-state index in [9.17, 15) is 13.2 Å². The maximum atomic E-state index is 12.8. The normalized spacial score (nSPS) is 17.8. The number of benzene rings is 2. The van der Waals surface area contributed by atoms with Gasteiger partial charge in [0.2, 0.25) is 15.9 Å². The van der Waals surface area contributed by atoms with Gasteiger partial charge in [0.15, 0.2) is 0 Å². The van der Waals surface area contributed by atoms with E-state index in [1.807, 2.05) is 48.5 Å². The van der Waals surface area contributed by atoms with Gasteiger partial charge in [0.05, 0.1) is 5.75 Å². The van der Waals surface area contributed by atoms with Gasteiger partial charge < -0.3 is 5.32 Å². The Morgan fingerprint density at radius 2 is 1.80 bits per heavy atom. The van der Waals surface area contributed by atoms with Crippen LogP contribution in [-0.2, 0) is 27.8 Å². The fourth-order valence-electron chi connectivity index (χ4n) is 2.94. The Bertz CT molecular complexity index is 881. The van der Waals surface area contributed by atoms with Crippen LogP contribution in [0.15, 0.2) is 48.5 Å². The van der Waals surface area contributed by atoms with Crippen LogP contribution in [0.3, 0.4) is 0 Å². The number of nitrogens with one attached hydrogen (secondary N) is 1. The SMILES string of the molecule is CCS(=O)(=O)N1Cc2ccccc2C[C@H]1C(=O)Nc1ccc(I)cc1. The second kappa shape index (κ2) is 7.43. The lowest BCUT2D eigenvalue weighted by atomic mass is 9.95. The molecule has 0 bridgehead atoms. The second-order valence-corrected chi connectivity index (χ2v) is 9.39. The van der Waals surface area contributed by atoms with Crippen LogP contribution in [0.2, 0.25) is 0 Å². The minimum atomic E-state index is -3.49. The van der Waals surface area contributed by atoms with Gasteiger partial charge in [-0.3, -0.25) is 4.79 Å². The van der Waals surface area contributed by atoms with Crippen molar-refractivity contribution in [1.82, 2.24) is 4.31 Å². The number of nitrogens with zero attached hydrogens (tertiary/aromatic N) is 1. The average molecular weight is 470 g/mol. The summed E-state index contributed by atoms with van der Waals surface area (Å²) in [6, 6.07) is 14.4. The van der Waals surface area contributed by atoms with Gasteiger partial charge in [0.25, 0.3) is 0 Å². The van der Waals surface area contributed by atoms with Gasteiger partial charge in [-0.1, -0.05) is 24.3 Å². The molecule has 1 aliphatic heterocycles. The lowest BCUT2D eigenvalue weighted by molar-refractivity contribution is -0.120. The predicted molar refractivity (Wildman–Crippen MR) is 107 cm³/mol. The lowest BCUT2D eigenvalue weighted by Crippen LogP contribution is -2.51. The molecule has 0 radical (unpaired) electrons. The predicted octanol–water partition coefficient (Wildman–Crippen LogP) is 3.01. The standard InChI is InChI=1S/C18H19IN2O3S/c1-2-25(23,24)21-12-14-6-4-3-5-13(14)11-17(21)18(22)20-16-9-7-15(19)8-10-16/h3-10,17H,2,11-12H2,1H3,(H,20,22)/t17-/m0/s1. The van der Waals surface area contributed by atoms with Gasteiger partial charge in [-0.25, -0.2) is 8.42 Å². The second-order valence-electron chi connectivity index (χ2n) is 5.93. The van der Waals surface area contributed by atoms with Crippen molar-refractivity contribution in [2.45, 2.75) is 25.9 Å². The molecular weight excluding hydrogens is 451 g/mol. The first-order valence-electron chi connectivity index (χ1n) is 8.03. The van der Waals surface area contributed by atoms with Crippen molar-refractivity contribution in [3.05, 3.63) is 63.2 Å². The van der Waals surface area contributed by atoms with Gasteiger partial charge in [0.1, 0.15) is 6.04 Å². The van der Waals surface area contributed by atoms with Crippen LogP contribution in [0.1, 0.15) is 18.1 Å². The third kappa shape index (κ3) is 4.04. The Kier molecular flexibility index (Phi) is 5.45. The fraction of sp³-hybridized carbons (Fsp3) is 0.278. The van der Waals surface area contributed by atoms with Crippen LogP contribution < -0.4 is 5.32 Å². The molecule has 0 spiro atoms. The first kappa shape index (κ1) is 18.3. The largest absolute Gasteiger partial charge is 0.325 e. The van der Waals surface area contributed by atoms with Crippen molar-refractivity contribution in [1.29, 1.82) is 0 Å². The molecule has 1 N–H and O–H groups in total. The van der Waals surface area contributed by atoms with Crippen molar-refractivity contribution in [2.75, 3.05) is 11.1 Å². The summed E-state index contributed by atoms with van der Waals surface area (Å²) in [5, 5.41) is 2.85. The number of fused-ring (bicyclic) bond motifs is 1. The average Bonchev–Trinajstić information content (AvgIpc) is 2.62. The highest BCUT2D eigenvalue weighted by atomic mass is 127. The number of carbonyl (C=O) groups excluding carboxylic acids is 1. The van der Waals surface area contributed by atoms with Gasteiger partial charge in [-0.2, -0.15) is 4.31 Å². The molecule has 0 fully saturated rings. The summed E-state index contributed by atoms with van der Waals surface area (Å²) in [6.45, 7) is 1.83. The molecule has 0 unspecified atom stereocenters. The van der Waals surface area contributed by atoms with Crippen molar-refractivity contribution >= 4 is 44.2 Å². The smallest absolute Gasteiger partial charge is 0.243 e. The van der Waals surface area contributed by atoms with Crippen molar-refractivity contribution in [3.8, 4) is 0 Å². The molecule has 1 heterocycles. The van der Waals surface area contributed by atoms with Crippen molar-refractivity contribution < 1.29 is 13.2 Å². The summed E-state index contributed by atoms with van der Waals surface area (Å²) < 4.78 is 27.4. The van der Waals surface area contributed by atoms with E-state index in [0.717, 1.165) is 14.7 Å². The maximum Gasteiger partial charge on any atom is 0.243 e. The molecule has 2 aromatic carbocycles. The van der Waals surface area contributed by atoms with Crippen LogP contribution in [-0.4, -0.2) is 30.4 Å². The zero-order chi connectivity index (χ0) is 18.0. The van der Waals surface area contributed by atoms with Crippen LogP contribution in [0.5, 0.6) is 0 Å². The Labute approximate surface area is 161 Å². The highest BCUT2D eigenvalue weighted by Crippen LogP contribution is 2.27. The highest BCUT2D eigenvalue weighted by molar-refractivity contribution is 14.1. The van der Waals surface area contributed by atoms with Crippen molar-refractivity contribution in [2.24, 2.45) is 0 Å². The molecule has 3 rings (SSSR count). The monoisotopic (exact) mass is 470 g/mol. The Hall–Kier alpha value is -1.45. The molecule has 25 heavy (non-hydrogen) atoms. The van der Waals surface area contributed by atoms with Gasteiger partial charge >= 0.3 is 0 Å². The quantitative estimate of drug-likeness (QED) is 0.699. The topological polar surface area (TPSA) is 66.5 Å². The molecule has 5 nitrogen and oxygen atoms in total. The van der Waals surface area contributed by atoms with Crippen LogP contribution in [0.4, 0.5) is 5.69 Å². The molecule has 1 atom stereocenters. The number of anilines is 1. The summed E-state index contributed by atoms with van der Waals surface area (Å²) in [6.07, 6.45) is 0.381. The Morgan fingerprint density at radius 3 is 2.44 bits per heavy atom. The molecule has 2 aromatic rings. The first-order valence-corrected chi connectivity index (χ1v) is 10.7. The molecule has 132 valence electrons. The molecule has 0 saturated heterocycles. The van der Waals surface area contributed by atoms with Gasteiger partial charge in [0, 0.05) is 15.8 Å². The van der Waals surface area contributed by atoms with E-state index in [0.29, 0.717) is 12.1 Å². The third-order valence-electron chi connectivity index (χ3n) is 4.34. The number of sulfonamides is 1. The number of hydrogen-bond acceptors (Lipinski definition) is 3. The number of rotatable bonds is 4. The number of halogens is 1. The zero-order valence-corrected chi connectivity index (χ0v) is 16.7. The molecule has 1 amide bonds. The summed E-state index contributed by atoms with van der Waals surface area (Å²) in [5.74, 6) is -0.324. The zero-order valence-electron chi connectivity index (χ0n) is 13.8. The molecule has 1 aliphatic rings. The molecule has 7 heteroatoms. The van der Waals surface area contributed by atoms with E-state index < -0.39 is 16.1 Å². The maximum absolute atomic E-state index is 12.8. The number of amides is 1. The highest BCUT2D eigenvalue weighted by Gasteiger charge is 2.37. The first-order chi connectivity index (χ1) is 11.9. The van der Waals surface area contributed by atoms with Crippen LogP contribution in [0.25, 0.3) is 0 Å². The van der Waals surface area contributed by atoms with Crippen LogP contribution in [0, 0.1) is 3.57 Å². The van der Waals surface area contributed by atoms with Crippen LogP contribution >= 0.6 is 22.6 Å². The Morgan fingerprint density at radius 1 is 1.16 bits per heavy atom. The number of hydrogen-bond donors (Lipinski definition) is 1. The van der Waals surface area contributed by atoms with E-state index in [1.165, 1.54) is 4.31 Å². The summed E-state index contributed by atoms with van der Waals surface area (Å²) in [4.78, 5) is 12.8. The van der Waals surface area contributed by atoms with Crippen molar-refractivity contribution in [3.63, 3.8) is 0 Å². The summed E-state index contributed by atoms with van der Waals surface area (Å²) >= 11 is 2.19. The third-order valence-corrected chi connectivity index (χ3v) is 6.89. The molecule has 0 aliphatic carbocycles. The molecule has 0 aromatic heterocycles. The van der Waals surface area contributed by atoms with E-state index in [2.05, 4.69) is 27.9 Å². The summed E-state index contributed by atoms with van der Waals surface area (Å²) in [5.41, 5.74) is 2.64. The van der Waals surface area contributed by atoms with E-state index in [4.69, 9.17) is 0 Å². The van der Waals surface area contributed by atoms with E-state index >= 15 is 0 Å². The fourth-order valence-corrected chi connectivity index (χ4v) is 4.52. The molecular formula is C18H19IN2O3S. The lowest BCUT2D eigenvalue weighted by Gasteiger charge is -2.34. The molecule has 0 saturated carbocycles. The minimum absolute atomic E-state index is 0.0253. The Balaban J connectivity index is 1.90. The number of carbonyl (C=O) groups is 1. The van der Waals surface area contributed by atoms with E-state index in [-0.39, 0.29) is 18.2 Å².